The minimum atomic E-state index is 0.00609. The molecule has 2 aromatic rings. The van der Waals surface area contributed by atoms with Gasteiger partial charge in [-0.25, -0.2) is 0 Å². The van der Waals surface area contributed by atoms with Crippen molar-refractivity contribution in [3.63, 3.8) is 0 Å². The van der Waals surface area contributed by atoms with Gasteiger partial charge in [-0.2, -0.15) is 0 Å². The topological polar surface area (TPSA) is 51.2 Å². The van der Waals surface area contributed by atoms with E-state index >= 15 is 0 Å². The highest BCUT2D eigenvalue weighted by Crippen LogP contribution is 2.28. The van der Waals surface area contributed by atoms with E-state index < -0.39 is 0 Å². The molecule has 1 aliphatic heterocycles. The van der Waals surface area contributed by atoms with Crippen LogP contribution in [0.4, 0.5) is 0 Å². The van der Waals surface area contributed by atoms with E-state index in [0.717, 1.165) is 35.1 Å². The summed E-state index contributed by atoms with van der Waals surface area (Å²) in [5, 5.41) is 3.17. The van der Waals surface area contributed by atoms with Gasteiger partial charge in [-0.05, 0) is 61.6 Å². The molecular weight excluding hydrogens is 288 g/mol. The van der Waals surface area contributed by atoms with Gasteiger partial charge < -0.3 is 10.1 Å². The summed E-state index contributed by atoms with van der Waals surface area (Å²) in [7, 11) is 0. The second kappa shape index (κ2) is 6.92. The van der Waals surface area contributed by atoms with Crippen LogP contribution in [-0.4, -0.2) is 23.5 Å². The first-order chi connectivity index (χ1) is 11.1. The van der Waals surface area contributed by atoms with Crippen LogP contribution in [0, 0.1) is 13.8 Å². The maximum absolute atomic E-state index is 12.6. The SMILES string of the molecule is Cc1cccc(C(=O)N[C@@H]2CCO[C@@H](c3ccncc3)C2)c1C. The Balaban J connectivity index is 1.68. The summed E-state index contributed by atoms with van der Waals surface area (Å²) in [5.41, 5.74) is 4.06. The molecule has 2 heterocycles. The Hall–Kier alpha value is -2.20. The van der Waals surface area contributed by atoms with E-state index in [2.05, 4.69) is 10.3 Å². The third-order valence-corrected chi connectivity index (χ3v) is 4.55. The summed E-state index contributed by atoms with van der Waals surface area (Å²) in [6.45, 7) is 4.68. The van der Waals surface area contributed by atoms with Gasteiger partial charge in [0, 0.05) is 30.6 Å². The van der Waals surface area contributed by atoms with Gasteiger partial charge in [0.1, 0.15) is 0 Å². The highest BCUT2D eigenvalue weighted by molar-refractivity contribution is 5.96. The zero-order chi connectivity index (χ0) is 16.2. The van der Waals surface area contributed by atoms with Crippen molar-refractivity contribution in [2.75, 3.05) is 6.61 Å². The third-order valence-electron chi connectivity index (χ3n) is 4.55. The second-order valence-electron chi connectivity index (χ2n) is 6.08. The van der Waals surface area contributed by atoms with Gasteiger partial charge in [0.25, 0.3) is 5.91 Å². The van der Waals surface area contributed by atoms with Crippen molar-refractivity contribution in [1.82, 2.24) is 10.3 Å². The molecule has 0 spiro atoms. The molecule has 0 bridgehead atoms. The molecule has 3 rings (SSSR count). The molecule has 2 atom stereocenters. The van der Waals surface area contributed by atoms with Crippen LogP contribution in [-0.2, 0) is 4.74 Å². The molecular formula is C19H22N2O2. The van der Waals surface area contributed by atoms with Crippen molar-refractivity contribution in [3.8, 4) is 0 Å². The number of carbonyl (C=O) groups excluding carboxylic acids is 1. The van der Waals surface area contributed by atoms with Crippen LogP contribution in [0.1, 0.15) is 46.0 Å². The third kappa shape index (κ3) is 3.59. The maximum Gasteiger partial charge on any atom is 0.251 e. The summed E-state index contributed by atoms with van der Waals surface area (Å²) in [6.07, 6.45) is 5.21. The molecule has 23 heavy (non-hydrogen) atoms. The number of nitrogens with one attached hydrogen (secondary N) is 1. The van der Waals surface area contributed by atoms with Crippen LogP contribution in [0.5, 0.6) is 0 Å². The lowest BCUT2D eigenvalue weighted by atomic mass is 9.97. The molecule has 1 aromatic heterocycles. The largest absolute Gasteiger partial charge is 0.373 e. The number of pyridine rings is 1. The Morgan fingerprint density at radius 3 is 2.78 bits per heavy atom. The molecule has 1 fully saturated rings. The average Bonchev–Trinajstić information content (AvgIpc) is 2.58. The molecule has 1 saturated heterocycles. The van der Waals surface area contributed by atoms with Crippen molar-refractivity contribution < 1.29 is 9.53 Å². The number of benzene rings is 1. The Kier molecular flexibility index (Phi) is 4.72. The fourth-order valence-corrected chi connectivity index (χ4v) is 3.00. The molecule has 1 amide bonds. The standard InChI is InChI=1S/C19H22N2O2/c1-13-4-3-5-17(14(13)2)19(22)21-16-8-11-23-18(12-16)15-6-9-20-10-7-15/h3-7,9-10,16,18H,8,11-12H2,1-2H3,(H,21,22)/t16-,18-/m1/s1. The van der Waals surface area contributed by atoms with Gasteiger partial charge in [0.15, 0.2) is 0 Å². The molecule has 0 saturated carbocycles. The van der Waals surface area contributed by atoms with Crippen LogP contribution in [0.3, 0.4) is 0 Å². The molecule has 120 valence electrons. The van der Waals surface area contributed by atoms with Gasteiger partial charge in [0.05, 0.1) is 6.10 Å². The first kappa shape index (κ1) is 15.7. The molecule has 1 N–H and O–H groups in total. The van der Waals surface area contributed by atoms with E-state index in [9.17, 15) is 4.79 Å². The Labute approximate surface area is 136 Å². The number of hydrogen-bond acceptors (Lipinski definition) is 3. The number of nitrogens with zero attached hydrogens (tertiary/aromatic N) is 1. The van der Waals surface area contributed by atoms with Gasteiger partial charge in [-0.15, -0.1) is 0 Å². The second-order valence-corrected chi connectivity index (χ2v) is 6.08. The van der Waals surface area contributed by atoms with Crippen LogP contribution in [0.15, 0.2) is 42.7 Å². The van der Waals surface area contributed by atoms with Crippen molar-refractivity contribution in [2.45, 2.75) is 38.8 Å². The summed E-state index contributed by atoms with van der Waals surface area (Å²) in [4.78, 5) is 16.6. The molecule has 0 radical (unpaired) electrons. The molecule has 1 aromatic carbocycles. The Morgan fingerprint density at radius 1 is 1.22 bits per heavy atom. The van der Waals surface area contributed by atoms with Crippen LogP contribution < -0.4 is 5.32 Å². The number of ether oxygens (including phenoxy) is 1. The zero-order valence-corrected chi connectivity index (χ0v) is 13.6. The molecule has 1 aliphatic rings. The highest BCUT2D eigenvalue weighted by Gasteiger charge is 2.25. The number of hydrogen-bond donors (Lipinski definition) is 1. The number of amides is 1. The van der Waals surface area contributed by atoms with Crippen LogP contribution in [0.2, 0.25) is 0 Å². The highest BCUT2D eigenvalue weighted by atomic mass is 16.5. The van der Waals surface area contributed by atoms with E-state index in [1.165, 1.54) is 0 Å². The lowest BCUT2D eigenvalue weighted by Gasteiger charge is -2.30. The van der Waals surface area contributed by atoms with Gasteiger partial charge in [-0.1, -0.05) is 12.1 Å². The first-order valence-electron chi connectivity index (χ1n) is 8.04. The van der Waals surface area contributed by atoms with Crippen molar-refractivity contribution >= 4 is 5.91 Å². The van der Waals surface area contributed by atoms with E-state index in [4.69, 9.17) is 4.74 Å². The van der Waals surface area contributed by atoms with E-state index in [-0.39, 0.29) is 18.1 Å². The number of aromatic nitrogens is 1. The van der Waals surface area contributed by atoms with Crippen molar-refractivity contribution in [2.24, 2.45) is 0 Å². The van der Waals surface area contributed by atoms with E-state index in [1.54, 1.807) is 12.4 Å². The predicted molar refractivity (Wildman–Crippen MR) is 89.3 cm³/mol. The average molecular weight is 310 g/mol. The summed E-state index contributed by atoms with van der Waals surface area (Å²) < 4.78 is 5.85. The fraction of sp³-hybridized carbons (Fsp3) is 0.368. The van der Waals surface area contributed by atoms with Crippen LogP contribution in [0.25, 0.3) is 0 Å². The molecule has 0 unspecified atom stereocenters. The van der Waals surface area contributed by atoms with Crippen molar-refractivity contribution in [1.29, 1.82) is 0 Å². The minimum Gasteiger partial charge on any atom is -0.373 e. The van der Waals surface area contributed by atoms with Gasteiger partial charge >= 0.3 is 0 Å². The lowest BCUT2D eigenvalue weighted by molar-refractivity contribution is 0.000856. The zero-order valence-electron chi connectivity index (χ0n) is 13.6. The van der Waals surface area contributed by atoms with Gasteiger partial charge in [-0.3, -0.25) is 9.78 Å². The van der Waals surface area contributed by atoms with Crippen molar-refractivity contribution in [3.05, 3.63) is 65.0 Å². The smallest absolute Gasteiger partial charge is 0.251 e. The first-order valence-corrected chi connectivity index (χ1v) is 8.04. The number of aryl methyl sites for hydroxylation is 1. The van der Waals surface area contributed by atoms with Crippen LogP contribution >= 0.6 is 0 Å². The summed E-state index contributed by atoms with van der Waals surface area (Å²) in [5.74, 6) is 0.00609. The van der Waals surface area contributed by atoms with Gasteiger partial charge in [0.2, 0.25) is 0 Å². The Morgan fingerprint density at radius 2 is 2.00 bits per heavy atom. The fourth-order valence-electron chi connectivity index (χ4n) is 3.00. The summed E-state index contributed by atoms with van der Waals surface area (Å²) in [6, 6.07) is 9.92. The molecule has 4 nitrogen and oxygen atoms in total. The monoisotopic (exact) mass is 310 g/mol. The summed E-state index contributed by atoms with van der Waals surface area (Å²) >= 11 is 0. The molecule has 0 aliphatic carbocycles. The van der Waals surface area contributed by atoms with E-state index in [1.807, 2.05) is 44.2 Å². The molecule has 4 heteroatoms. The predicted octanol–water partition coefficient (Wildman–Crippen LogP) is 3.35. The minimum absolute atomic E-state index is 0.00609. The quantitative estimate of drug-likeness (QED) is 0.946. The lowest BCUT2D eigenvalue weighted by Crippen LogP contribution is -2.40. The van der Waals surface area contributed by atoms with E-state index in [0.29, 0.717) is 6.61 Å². The Bertz CT molecular complexity index is 685. The number of carbonyl (C=O) groups is 1. The normalized spacial score (nSPS) is 21.0. The maximum atomic E-state index is 12.6. The number of rotatable bonds is 3.